The number of nitrogens with one attached hydrogen (secondary N) is 2. The van der Waals surface area contributed by atoms with E-state index in [2.05, 4.69) is 5.32 Å². The molecule has 1 amide bonds. The molecule has 1 aromatic heterocycles. The van der Waals surface area contributed by atoms with Crippen molar-refractivity contribution in [2.45, 2.75) is 19.3 Å². The van der Waals surface area contributed by atoms with Crippen molar-refractivity contribution < 1.29 is 18.0 Å². The van der Waals surface area contributed by atoms with Gasteiger partial charge in [0.25, 0.3) is 0 Å². The highest BCUT2D eigenvalue weighted by Gasteiger charge is 2.27. The van der Waals surface area contributed by atoms with Crippen LogP contribution in [0.5, 0.6) is 0 Å². The number of aromatic nitrogens is 1. The normalized spacial score (nSPS) is 11.5. The van der Waals surface area contributed by atoms with E-state index in [1.54, 1.807) is 30.1 Å². The molecule has 7 heteroatoms. The summed E-state index contributed by atoms with van der Waals surface area (Å²) in [6.07, 6.45) is -1.01. The molecule has 0 bridgehead atoms. The van der Waals surface area contributed by atoms with E-state index in [9.17, 15) is 18.0 Å². The third-order valence-corrected chi connectivity index (χ3v) is 2.00. The number of rotatable bonds is 5. The largest absolute Gasteiger partial charge is 0.405 e. The zero-order valence-electron chi connectivity index (χ0n) is 9.34. The summed E-state index contributed by atoms with van der Waals surface area (Å²) in [4.78, 5) is 11.2. The molecule has 0 saturated carbocycles. The Bertz CT molecular complexity index is 373. The van der Waals surface area contributed by atoms with Crippen molar-refractivity contribution in [3.05, 3.63) is 24.0 Å². The SMILES string of the molecule is CNCc1ccn(CC(=O)NCC(F)(F)F)c1. The average Bonchev–Trinajstić information content (AvgIpc) is 2.62. The first-order chi connectivity index (χ1) is 7.90. The van der Waals surface area contributed by atoms with Gasteiger partial charge in [-0.25, -0.2) is 0 Å². The maximum absolute atomic E-state index is 11.8. The smallest absolute Gasteiger partial charge is 0.345 e. The summed E-state index contributed by atoms with van der Waals surface area (Å²) in [5, 5.41) is 4.74. The third kappa shape index (κ3) is 5.39. The molecule has 0 spiro atoms. The molecule has 0 radical (unpaired) electrons. The van der Waals surface area contributed by atoms with Gasteiger partial charge in [0.2, 0.25) is 5.91 Å². The van der Waals surface area contributed by atoms with Gasteiger partial charge in [-0.1, -0.05) is 0 Å². The molecular formula is C10H14F3N3O. The molecule has 4 nitrogen and oxygen atoms in total. The Kier molecular flexibility index (Phi) is 4.56. The van der Waals surface area contributed by atoms with Crippen LogP contribution in [0, 0.1) is 0 Å². The predicted octanol–water partition coefficient (Wildman–Crippen LogP) is 0.886. The zero-order valence-corrected chi connectivity index (χ0v) is 9.34. The van der Waals surface area contributed by atoms with E-state index in [-0.39, 0.29) is 6.54 Å². The lowest BCUT2D eigenvalue weighted by Crippen LogP contribution is -2.35. The van der Waals surface area contributed by atoms with Gasteiger partial charge in [-0.2, -0.15) is 13.2 Å². The van der Waals surface area contributed by atoms with Gasteiger partial charge in [-0.15, -0.1) is 0 Å². The molecule has 1 heterocycles. The second-order valence-electron chi connectivity index (χ2n) is 3.61. The topological polar surface area (TPSA) is 46.1 Å². The van der Waals surface area contributed by atoms with Gasteiger partial charge in [0.15, 0.2) is 0 Å². The van der Waals surface area contributed by atoms with Crippen molar-refractivity contribution in [3.63, 3.8) is 0 Å². The second-order valence-corrected chi connectivity index (χ2v) is 3.61. The minimum atomic E-state index is -4.37. The number of hydrogen-bond donors (Lipinski definition) is 2. The van der Waals surface area contributed by atoms with Gasteiger partial charge < -0.3 is 15.2 Å². The number of alkyl halides is 3. The van der Waals surface area contributed by atoms with E-state index >= 15 is 0 Å². The molecule has 0 aromatic carbocycles. The third-order valence-electron chi connectivity index (χ3n) is 2.00. The van der Waals surface area contributed by atoms with E-state index in [1.165, 1.54) is 0 Å². The fraction of sp³-hybridized carbons (Fsp3) is 0.500. The van der Waals surface area contributed by atoms with Gasteiger partial charge in [0.1, 0.15) is 13.1 Å². The number of nitrogens with zero attached hydrogens (tertiary/aromatic N) is 1. The highest BCUT2D eigenvalue weighted by molar-refractivity contribution is 5.75. The minimum Gasteiger partial charge on any atom is -0.345 e. The number of hydrogen-bond acceptors (Lipinski definition) is 2. The summed E-state index contributed by atoms with van der Waals surface area (Å²) in [6.45, 7) is -0.757. The van der Waals surface area contributed by atoms with Crippen molar-refractivity contribution in [1.82, 2.24) is 15.2 Å². The number of carbonyl (C=O) groups is 1. The van der Waals surface area contributed by atoms with E-state index in [4.69, 9.17) is 0 Å². The molecule has 0 unspecified atom stereocenters. The van der Waals surface area contributed by atoms with Gasteiger partial charge in [0, 0.05) is 18.9 Å². The fourth-order valence-electron chi connectivity index (χ4n) is 1.32. The quantitative estimate of drug-likeness (QED) is 0.814. The fourth-order valence-corrected chi connectivity index (χ4v) is 1.32. The summed E-state index contributed by atoms with van der Waals surface area (Å²) in [5.41, 5.74) is 0.969. The first kappa shape index (κ1) is 13.6. The molecule has 0 aliphatic carbocycles. The van der Waals surface area contributed by atoms with E-state index in [0.29, 0.717) is 6.54 Å². The van der Waals surface area contributed by atoms with Crippen molar-refractivity contribution in [1.29, 1.82) is 0 Å². The van der Waals surface area contributed by atoms with Crippen molar-refractivity contribution in [2.75, 3.05) is 13.6 Å². The predicted molar refractivity (Wildman–Crippen MR) is 56.3 cm³/mol. The molecule has 1 rings (SSSR count). The van der Waals surface area contributed by atoms with Crippen LogP contribution in [0.4, 0.5) is 13.2 Å². The van der Waals surface area contributed by atoms with Crippen molar-refractivity contribution >= 4 is 5.91 Å². The van der Waals surface area contributed by atoms with Gasteiger partial charge >= 0.3 is 6.18 Å². The Balaban J connectivity index is 2.39. The van der Waals surface area contributed by atoms with Gasteiger partial charge in [-0.05, 0) is 18.7 Å². The Morgan fingerprint density at radius 2 is 2.18 bits per heavy atom. The maximum atomic E-state index is 11.8. The first-order valence-electron chi connectivity index (χ1n) is 5.03. The highest BCUT2D eigenvalue weighted by Crippen LogP contribution is 2.12. The summed E-state index contributed by atoms with van der Waals surface area (Å²) in [7, 11) is 1.79. The van der Waals surface area contributed by atoms with E-state index in [0.717, 1.165) is 5.56 Å². The Hall–Kier alpha value is -1.50. The number of halogens is 3. The Morgan fingerprint density at radius 1 is 1.47 bits per heavy atom. The standard InChI is InChI=1S/C10H14F3N3O/c1-14-4-8-2-3-16(5-8)6-9(17)15-7-10(11,12)13/h2-3,5,14H,4,6-7H2,1H3,(H,15,17). The van der Waals surface area contributed by atoms with Crippen LogP contribution in [-0.4, -0.2) is 30.2 Å². The lowest BCUT2D eigenvalue weighted by molar-refractivity contribution is -0.138. The van der Waals surface area contributed by atoms with Gasteiger partial charge in [-0.3, -0.25) is 4.79 Å². The van der Waals surface area contributed by atoms with Crippen LogP contribution < -0.4 is 10.6 Å². The summed E-state index contributed by atoms with van der Waals surface area (Å²) >= 11 is 0. The molecule has 0 saturated heterocycles. The van der Waals surface area contributed by atoms with Crippen LogP contribution in [0.1, 0.15) is 5.56 Å². The van der Waals surface area contributed by atoms with Crippen LogP contribution in [-0.2, 0) is 17.9 Å². The van der Waals surface area contributed by atoms with Crippen LogP contribution >= 0.6 is 0 Å². The Labute approximate surface area is 96.8 Å². The van der Waals surface area contributed by atoms with Crippen LogP contribution in [0.25, 0.3) is 0 Å². The van der Waals surface area contributed by atoms with Crippen LogP contribution in [0.2, 0.25) is 0 Å². The van der Waals surface area contributed by atoms with Crippen molar-refractivity contribution in [3.8, 4) is 0 Å². The molecule has 96 valence electrons. The first-order valence-corrected chi connectivity index (χ1v) is 5.03. The van der Waals surface area contributed by atoms with E-state index in [1.807, 2.05) is 5.32 Å². The lowest BCUT2D eigenvalue weighted by atomic mass is 10.3. The van der Waals surface area contributed by atoms with Crippen molar-refractivity contribution in [2.24, 2.45) is 0 Å². The minimum absolute atomic E-state index is 0.111. The van der Waals surface area contributed by atoms with Gasteiger partial charge in [0.05, 0.1) is 0 Å². The summed E-state index contributed by atoms with van der Waals surface area (Å²) in [5.74, 6) is -0.658. The van der Waals surface area contributed by atoms with Crippen LogP contribution in [0.3, 0.4) is 0 Å². The summed E-state index contributed by atoms with van der Waals surface area (Å²) in [6, 6.07) is 1.80. The maximum Gasteiger partial charge on any atom is 0.405 e. The summed E-state index contributed by atoms with van der Waals surface area (Å²) < 4.78 is 37.0. The zero-order chi connectivity index (χ0) is 12.9. The van der Waals surface area contributed by atoms with E-state index < -0.39 is 18.6 Å². The molecule has 2 N–H and O–H groups in total. The monoisotopic (exact) mass is 249 g/mol. The molecule has 17 heavy (non-hydrogen) atoms. The second kappa shape index (κ2) is 5.72. The number of carbonyl (C=O) groups excluding carboxylic acids is 1. The molecule has 0 aliphatic rings. The molecule has 1 aromatic rings. The number of amides is 1. The van der Waals surface area contributed by atoms with Crippen LogP contribution in [0.15, 0.2) is 18.5 Å². The highest BCUT2D eigenvalue weighted by atomic mass is 19.4. The molecule has 0 fully saturated rings. The molecular weight excluding hydrogens is 235 g/mol. The molecule has 0 aliphatic heterocycles. The molecule has 0 atom stereocenters. The Morgan fingerprint density at radius 3 is 2.76 bits per heavy atom. The lowest BCUT2D eigenvalue weighted by Gasteiger charge is -2.08. The average molecular weight is 249 g/mol.